The van der Waals surface area contributed by atoms with E-state index in [2.05, 4.69) is 10.2 Å². The number of aromatic nitrogens is 2. The van der Waals surface area contributed by atoms with Crippen molar-refractivity contribution in [3.8, 4) is 11.9 Å². The molecular formula is C16H14F2N4O. The average Bonchev–Trinajstić information content (AvgIpc) is 2.89. The molecule has 1 aliphatic heterocycles. The lowest BCUT2D eigenvalue weighted by Crippen LogP contribution is -2.22. The molecule has 3 N–H and O–H groups in total. The van der Waals surface area contributed by atoms with Crippen molar-refractivity contribution in [2.24, 2.45) is 5.73 Å². The van der Waals surface area contributed by atoms with Crippen LogP contribution in [-0.4, -0.2) is 10.2 Å². The largest absolute Gasteiger partial charge is 0.420 e. The number of halogens is 2. The fraction of sp³-hybridized carbons (Fsp3) is 0.250. The lowest BCUT2D eigenvalue weighted by molar-refractivity contribution is 0.377. The first-order chi connectivity index (χ1) is 11.1. The molecule has 7 heteroatoms. The van der Waals surface area contributed by atoms with Crippen LogP contribution in [0.25, 0.3) is 0 Å². The van der Waals surface area contributed by atoms with Crippen molar-refractivity contribution < 1.29 is 13.5 Å². The summed E-state index contributed by atoms with van der Waals surface area (Å²) in [5.74, 6) is -2.10. The van der Waals surface area contributed by atoms with E-state index >= 15 is 0 Å². The molecule has 1 aliphatic rings. The molecule has 5 nitrogen and oxygen atoms in total. The lowest BCUT2D eigenvalue weighted by Gasteiger charge is -2.24. The van der Waals surface area contributed by atoms with E-state index < -0.39 is 17.6 Å². The molecule has 0 fully saturated rings. The van der Waals surface area contributed by atoms with E-state index in [9.17, 15) is 14.0 Å². The van der Waals surface area contributed by atoms with Crippen LogP contribution in [0.2, 0.25) is 0 Å². The molecule has 0 saturated carbocycles. The summed E-state index contributed by atoms with van der Waals surface area (Å²) in [4.78, 5) is 0. The monoisotopic (exact) mass is 316 g/mol. The molecule has 1 aromatic heterocycles. The van der Waals surface area contributed by atoms with Crippen LogP contribution in [0.4, 0.5) is 8.78 Å². The molecule has 0 bridgehead atoms. The van der Waals surface area contributed by atoms with Gasteiger partial charge in [0.15, 0.2) is 0 Å². The highest BCUT2D eigenvalue weighted by Crippen LogP contribution is 2.43. The standard InChI is InChI=1S/C16H14F2N4O/c1-2-3-12-14-13(9-5-4-8(17)6-11(9)18)10(7-19)15(20)23-16(14)22-21-12/h4-6,13H,2-3,20H2,1H3,(H,21,22). The number of hydrogen-bond acceptors (Lipinski definition) is 4. The van der Waals surface area contributed by atoms with Crippen LogP contribution in [0.3, 0.4) is 0 Å². The number of H-pyrrole nitrogens is 1. The average molecular weight is 316 g/mol. The fourth-order valence-corrected chi connectivity index (χ4v) is 2.80. The number of aryl methyl sites for hydroxylation is 1. The molecule has 0 aliphatic carbocycles. The number of nitriles is 1. The van der Waals surface area contributed by atoms with Gasteiger partial charge in [-0.05, 0) is 12.5 Å². The first kappa shape index (κ1) is 15.0. The summed E-state index contributed by atoms with van der Waals surface area (Å²) >= 11 is 0. The number of rotatable bonds is 3. The molecule has 1 aromatic carbocycles. The van der Waals surface area contributed by atoms with Gasteiger partial charge in [0.05, 0.1) is 11.5 Å². The molecule has 0 radical (unpaired) electrons. The maximum atomic E-state index is 14.3. The van der Waals surface area contributed by atoms with Gasteiger partial charge in [0, 0.05) is 17.3 Å². The second-order valence-corrected chi connectivity index (χ2v) is 5.26. The van der Waals surface area contributed by atoms with Gasteiger partial charge in [-0.1, -0.05) is 19.4 Å². The van der Waals surface area contributed by atoms with Crippen molar-refractivity contribution in [1.29, 1.82) is 5.26 Å². The summed E-state index contributed by atoms with van der Waals surface area (Å²) in [6, 6.07) is 5.23. The third-order valence-electron chi connectivity index (χ3n) is 3.79. The Morgan fingerprint density at radius 1 is 1.43 bits per heavy atom. The topological polar surface area (TPSA) is 87.7 Å². The van der Waals surface area contributed by atoms with Crippen molar-refractivity contribution >= 4 is 0 Å². The summed E-state index contributed by atoms with van der Waals surface area (Å²) in [5.41, 5.74) is 7.35. The number of nitrogens with zero attached hydrogens (tertiary/aromatic N) is 2. The maximum absolute atomic E-state index is 14.3. The molecule has 0 spiro atoms. The number of ether oxygens (including phenoxy) is 1. The number of nitrogens with one attached hydrogen (secondary N) is 1. The van der Waals surface area contributed by atoms with Crippen molar-refractivity contribution in [3.05, 3.63) is 58.1 Å². The van der Waals surface area contributed by atoms with Crippen LogP contribution in [0, 0.1) is 23.0 Å². The molecule has 23 heavy (non-hydrogen) atoms. The minimum Gasteiger partial charge on any atom is -0.420 e. The number of aromatic amines is 1. The smallest absolute Gasteiger partial charge is 0.244 e. The summed E-state index contributed by atoms with van der Waals surface area (Å²) in [6.07, 6.45) is 1.48. The van der Waals surface area contributed by atoms with Crippen molar-refractivity contribution in [3.63, 3.8) is 0 Å². The van der Waals surface area contributed by atoms with Gasteiger partial charge in [0.1, 0.15) is 23.3 Å². The zero-order valence-corrected chi connectivity index (χ0v) is 12.4. The number of benzene rings is 1. The van der Waals surface area contributed by atoms with E-state index in [1.54, 1.807) is 0 Å². The fourth-order valence-electron chi connectivity index (χ4n) is 2.80. The van der Waals surface area contributed by atoms with Crippen LogP contribution >= 0.6 is 0 Å². The molecule has 0 amide bonds. The Hall–Kier alpha value is -2.88. The second-order valence-electron chi connectivity index (χ2n) is 5.26. The highest BCUT2D eigenvalue weighted by atomic mass is 19.1. The van der Waals surface area contributed by atoms with Gasteiger partial charge in [-0.2, -0.15) is 5.26 Å². The Morgan fingerprint density at radius 2 is 2.22 bits per heavy atom. The van der Waals surface area contributed by atoms with E-state index in [1.165, 1.54) is 6.07 Å². The molecule has 118 valence electrons. The zero-order chi connectivity index (χ0) is 16.6. The molecule has 2 aromatic rings. The Kier molecular flexibility index (Phi) is 3.74. The minimum atomic E-state index is -0.773. The predicted octanol–water partition coefficient (Wildman–Crippen LogP) is 2.86. The van der Waals surface area contributed by atoms with E-state index in [4.69, 9.17) is 10.5 Å². The summed E-state index contributed by atoms with van der Waals surface area (Å²) < 4.78 is 32.9. The zero-order valence-electron chi connectivity index (χ0n) is 12.4. The van der Waals surface area contributed by atoms with Crippen LogP contribution in [0.15, 0.2) is 29.7 Å². The van der Waals surface area contributed by atoms with E-state index in [0.717, 1.165) is 24.2 Å². The van der Waals surface area contributed by atoms with Crippen molar-refractivity contribution in [1.82, 2.24) is 10.2 Å². The minimum absolute atomic E-state index is 0.0850. The van der Waals surface area contributed by atoms with Crippen molar-refractivity contribution in [2.45, 2.75) is 25.7 Å². The van der Waals surface area contributed by atoms with Crippen molar-refractivity contribution in [2.75, 3.05) is 0 Å². The Balaban J connectivity index is 2.24. The van der Waals surface area contributed by atoms with Gasteiger partial charge >= 0.3 is 0 Å². The molecule has 2 heterocycles. The number of allylic oxidation sites excluding steroid dienone is 1. The summed E-state index contributed by atoms with van der Waals surface area (Å²) in [7, 11) is 0. The van der Waals surface area contributed by atoms with Gasteiger partial charge in [-0.15, -0.1) is 5.10 Å². The van der Waals surface area contributed by atoms with Gasteiger partial charge in [-0.3, -0.25) is 5.10 Å². The van der Waals surface area contributed by atoms with E-state index in [-0.39, 0.29) is 22.9 Å². The molecule has 3 rings (SSSR count). The third-order valence-corrected chi connectivity index (χ3v) is 3.79. The number of fused-ring (bicyclic) bond motifs is 1. The molecular weight excluding hydrogens is 302 g/mol. The van der Waals surface area contributed by atoms with Gasteiger partial charge in [-0.25, -0.2) is 8.78 Å². The SMILES string of the molecule is CCCc1[nH]nc2c1C(c1ccc(F)cc1F)C(C#N)=C(N)O2. The summed E-state index contributed by atoms with van der Waals surface area (Å²) in [5, 5.41) is 16.3. The number of nitrogens with two attached hydrogens (primary N) is 1. The van der Waals surface area contributed by atoms with E-state index in [0.29, 0.717) is 12.0 Å². The molecule has 1 atom stereocenters. The second kappa shape index (κ2) is 5.72. The molecule has 1 unspecified atom stereocenters. The van der Waals surface area contributed by atoms with Crippen LogP contribution in [0.1, 0.15) is 36.1 Å². The first-order valence-electron chi connectivity index (χ1n) is 7.16. The summed E-state index contributed by atoms with van der Waals surface area (Å²) in [6.45, 7) is 1.99. The highest BCUT2D eigenvalue weighted by molar-refractivity contribution is 5.55. The first-order valence-corrected chi connectivity index (χ1v) is 7.16. The van der Waals surface area contributed by atoms with Crippen LogP contribution in [-0.2, 0) is 6.42 Å². The third kappa shape index (κ3) is 2.42. The van der Waals surface area contributed by atoms with Gasteiger partial charge in [0.25, 0.3) is 0 Å². The number of hydrogen-bond donors (Lipinski definition) is 2. The predicted molar refractivity (Wildman–Crippen MR) is 78.2 cm³/mol. The Labute approximate surface area is 131 Å². The normalized spacial score (nSPS) is 16.7. The Bertz CT molecular complexity index is 835. The van der Waals surface area contributed by atoms with E-state index in [1.807, 2.05) is 13.0 Å². The Morgan fingerprint density at radius 3 is 2.87 bits per heavy atom. The van der Waals surface area contributed by atoms with Crippen LogP contribution < -0.4 is 10.5 Å². The quantitative estimate of drug-likeness (QED) is 0.911. The highest BCUT2D eigenvalue weighted by Gasteiger charge is 2.36. The van der Waals surface area contributed by atoms with Gasteiger partial charge in [0.2, 0.25) is 11.8 Å². The van der Waals surface area contributed by atoms with Gasteiger partial charge < -0.3 is 10.5 Å². The maximum Gasteiger partial charge on any atom is 0.244 e. The lowest BCUT2D eigenvalue weighted by atomic mass is 9.83. The van der Waals surface area contributed by atoms with Crippen LogP contribution in [0.5, 0.6) is 5.88 Å². The molecule has 0 saturated heterocycles.